The first kappa shape index (κ1) is 9.66. The van der Waals surface area contributed by atoms with Crippen LogP contribution >= 0.6 is 0 Å². The minimum absolute atomic E-state index is 0.290. The van der Waals surface area contributed by atoms with Gasteiger partial charge in [0.25, 0.3) is 0 Å². The molecule has 1 fully saturated rings. The van der Waals surface area contributed by atoms with Crippen LogP contribution in [0.5, 0.6) is 0 Å². The standard InChI is InChI=1S/C12H16FN/c13-10-14-8-6-12(7-9-14)11-4-2-1-3-5-11/h1-5,12H,6-10H2. The van der Waals surface area contributed by atoms with Crippen molar-refractivity contribution >= 4 is 0 Å². The quantitative estimate of drug-likeness (QED) is 0.653. The average molecular weight is 193 g/mol. The molecule has 0 atom stereocenters. The molecule has 76 valence electrons. The predicted molar refractivity (Wildman–Crippen MR) is 56.0 cm³/mol. The summed E-state index contributed by atoms with van der Waals surface area (Å²) in [6, 6.07) is 10.6. The van der Waals surface area contributed by atoms with Crippen molar-refractivity contribution in [3.63, 3.8) is 0 Å². The first-order valence-corrected chi connectivity index (χ1v) is 5.23. The lowest BCUT2D eigenvalue weighted by Gasteiger charge is -2.29. The molecule has 1 aromatic carbocycles. The van der Waals surface area contributed by atoms with Gasteiger partial charge in [0, 0.05) is 13.1 Å². The molecule has 0 aromatic heterocycles. The van der Waals surface area contributed by atoms with Crippen molar-refractivity contribution in [3.8, 4) is 0 Å². The van der Waals surface area contributed by atoms with E-state index in [2.05, 4.69) is 24.3 Å². The molecule has 1 aliphatic rings. The van der Waals surface area contributed by atoms with Crippen LogP contribution in [-0.4, -0.2) is 24.8 Å². The Balaban J connectivity index is 1.96. The van der Waals surface area contributed by atoms with Crippen LogP contribution in [0.15, 0.2) is 30.3 Å². The van der Waals surface area contributed by atoms with Gasteiger partial charge in [-0.15, -0.1) is 0 Å². The summed E-state index contributed by atoms with van der Waals surface area (Å²) >= 11 is 0. The van der Waals surface area contributed by atoms with E-state index in [0.717, 1.165) is 25.9 Å². The van der Waals surface area contributed by atoms with E-state index in [0.29, 0.717) is 5.92 Å². The van der Waals surface area contributed by atoms with E-state index in [4.69, 9.17) is 0 Å². The molecule has 1 nitrogen and oxygen atoms in total. The lowest BCUT2D eigenvalue weighted by Crippen LogP contribution is -2.32. The molecule has 0 unspecified atom stereocenters. The van der Waals surface area contributed by atoms with Gasteiger partial charge in [0.2, 0.25) is 0 Å². The van der Waals surface area contributed by atoms with Gasteiger partial charge in [-0.05, 0) is 24.3 Å². The lowest BCUT2D eigenvalue weighted by molar-refractivity contribution is 0.147. The van der Waals surface area contributed by atoms with Gasteiger partial charge in [0.05, 0.1) is 0 Å². The van der Waals surface area contributed by atoms with E-state index >= 15 is 0 Å². The average Bonchev–Trinajstić information content (AvgIpc) is 2.30. The molecule has 0 amide bonds. The van der Waals surface area contributed by atoms with Crippen LogP contribution in [0.25, 0.3) is 0 Å². The number of likely N-dealkylation sites (tertiary alicyclic amines) is 1. The third kappa shape index (κ3) is 2.13. The van der Waals surface area contributed by atoms with Crippen molar-refractivity contribution in [2.75, 3.05) is 19.9 Å². The van der Waals surface area contributed by atoms with Crippen LogP contribution in [0, 0.1) is 0 Å². The number of nitrogens with zero attached hydrogens (tertiary/aromatic N) is 1. The Morgan fingerprint density at radius 2 is 1.79 bits per heavy atom. The van der Waals surface area contributed by atoms with Gasteiger partial charge in [-0.2, -0.15) is 0 Å². The highest BCUT2D eigenvalue weighted by Gasteiger charge is 2.19. The molecule has 1 saturated heterocycles. The van der Waals surface area contributed by atoms with Gasteiger partial charge < -0.3 is 0 Å². The maximum absolute atomic E-state index is 12.3. The Labute approximate surface area is 84.5 Å². The summed E-state index contributed by atoms with van der Waals surface area (Å²) in [4.78, 5) is 1.87. The largest absolute Gasteiger partial charge is 0.277 e. The molecule has 1 aromatic rings. The summed E-state index contributed by atoms with van der Waals surface area (Å²) in [6.07, 6.45) is 2.18. The Hall–Kier alpha value is -0.890. The smallest absolute Gasteiger partial charge is 0.143 e. The van der Waals surface area contributed by atoms with Crippen LogP contribution in [-0.2, 0) is 0 Å². The minimum atomic E-state index is -0.290. The molecule has 14 heavy (non-hydrogen) atoms. The molecule has 2 rings (SSSR count). The topological polar surface area (TPSA) is 3.24 Å². The first-order chi connectivity index (χ1) is 6.90. The number of halogens is 1. The highest BCUT2D eigenvalue weighted by molar-refractivity contribution is 5.19. The molecular formula is C12H16FN. The van der Waals surface area contributed by atoms with E-state index < -0.39 is 0 Å². The summed E-state index contributed by atoms with van der Waals surface area (Å²) < 4.78 is 12.3. The molecule has 1 heterocycles. The molecular weight excluding hydrogens is 177 g/mol. The number of benzene rings is 1. The highest BCUT2D eigenvalue weighted by atomic mass is 19.1. The zero-order valence-corrected chi connectivity index (χ0v) is 8.32. The summed E-state index contributed by atoms with van der Waals surface area (Å²) in [7, 11) is 0. The fourth-order valence-electron chi connectivity index (χ4n) is 2.11. The van der Waals surface area contributed by atoms with Crippen LogP contribution < -0.4 is 0 Å². The number of hydrogen-bond acceptors (Lipinski definition) is 1. The summed E-state index contributed by atoms with van der Waals surface area (Å²) in [5.74, 6) is 0.638. The third-order valence-electron chi connectivity index (χ3n) is 3.03. The van der Waals surface area contributed by atoms with Gasteiger partial charge >= 0.3 is 0 Å². The molecule has 0 bridgehead atoms. The number of rotatable bonds is 2. The van der Waals surface area contributed by atoms with Crippen LogP contribution in [0.2, 0.25) is 0 Å². The van der Waals surface area contributed by atoms with Crippen LogP contribution in [0.1, 0.15) is 24.3 Å². The van der Waals surface area contributed by atoms with Crippen molar-refractivity contribution in [3.05, 3.63) is 35.9 Å². The third-order valence-corrected chi connectivity index (χ3v) is 3.03. The normalized spacial score (nSPS) is 19.8. The summed E-state index contributed by atoms with van der Waals surface area (Å²) in [5.41, 5.74) is 1.41. The molecule has 1 aliphatic heterocycles. The van der Waals surface area contributed by atoms with Crippen molar-refractivity contribution in [2.24, 2.45) is 0 Å². The summed E-state index contributed by atoms with van der Waals surface area (Å²) in [5, 5.41) is 0. The Morgan fingerprint density at radius 3 is 2.36 bits per heavy atom. The fourth-order valence-corrected chi connectivity index (χ4v) is 2.11. The van der Waals surface area contributed by atoms with E-state index in [9.17, 15) is 4.39 Å². The molecule has 2 heteroatoms. The summed E-state index contributed by atoms with van der Waals surface area (Å²) in [6.45, 7) is 1.51. The monoisotopic (exact) mass is 193 g/mol. The number of piperidine rings is 1. The minimum Gasteiger partial charge on any atom is -0.277 e. The molecule has 0 N–H and O–H groups in total. The van der Waals surface area contributed by atoms with Gasteiger partial charge in [0.15, 0.2) is 0 Å². The number of hydrogen-bond donors (Lipinski definition) is 0. The van der Waals surface area contributed by atoms with E-state index in [1.54, 1.807) is 0 Å². The second kappa shape index (κ2) is 4.56. The second-order valence-electron chi connectivity index (χ2n) is 3.92. The molecule has 0 spiro atoms. The highest BCUT2D eigenvalue weighted by Crippen LogP contribution is 2.27. The second-order valence-corrected chi connectivity index (χ2v) is 3.92. The molecule has 0 saturated carbocycles. The van der Waals surface area contributed by atoms with Crippen LogP contribution in [0.3, 0.4) is 0 Å². The predicted octanol–water partition coefficient (Wildman–Crippen LogP) is 2.79. The molecule has 0 radical (unpaired) electrons. The van der Waals surface area contributed by atoms with E-state index in [1.165, 1.54) is 5.56 Å². The van der Waals surface area contributed by atoms with Gasteiger partial charge in [-0.1, -0.05) is 30.3 Å². The SMILES string of the molecule is FCN1CCC(c2ccccc2)CC1. The van der Waals surface area contributed by atoms with Gasteiger partial charge in [-0.3, -0.25) is 4.90 Å². The van der Waals surface area contributed by atoms with Crippen molar-refractivity contribution in [1.29, 1.82) is 0 Å². The maximum atomic E-state index is 12.3. The van der Waals surface area contributed by atoms with E-state index in [-0.39, 0.29) is 6.80 Å². The maximum Gasteiger partial charge on any atom is 0.143 e. The number of alkyl halides is 1. The Bertz CT molecular complexity index is 265. The fraction of sp³-hybridized carbons (Fsp3) is 0.500. The zero-order valence-electron chi connectivity index (χ0n) is 8.32. The van der Waals surface area contributed by atoms with E-state index in [1.807, 2.05) is 11.0 Å². The van der Waals surface area contributed by atoms with Gasteiger partial charge in [-0.25, -0.2) is 4.39 Å². The van der Waals surface area contributed by atoms with Crippen molar-refractivity contribution in [2.45, 2.75) is 18.8 Å². The van der Waals surface area contributed by atoms with Crippen molar-refractivity contribution < 1.29 is 4.39 Å². The Morgan fingerprint density at radius 1 is 1.14 bits per heavy atom. The van der Waals surface area contributed by atoms with Crippen molar-refractivity contribution in [1.82, 2.24) is 4.90 Å². The van der Waals surface area contributed by atoms with Crippen LogP contribution in [0.4, 0.5) is 4.39 Å². The first-order valence-electron chi connectivity index (χ1n) is 5.23. The molecule has 0 aliphatic carbocycles. The Kier molecular flexibility index (Phi) is 3.14. The zero-order chi connectivity index (χ0) is 9.80. The van der Waals surface area contributed by atoms with Gasteiger partial charge in [0.1, 0.15) is 6.80 Å². The lowest BCUT2D eigenvalue weighted by atomic mass is 9.90.